The Bertz CT molecular complexity index is 498. The molecule has 0 aliphatic heterocycles. The number of carbonyl (C=O) groups is 1. The van der Waals surface area contributed by atoms with Gasteiger partial charge < -0.3 is 38.9 Å². The summed E-state index contributed by atoms with van der Waals surface area (Å²) >= 11 is 0. The molecule has 0 saturated heterocycles. The monoisotopic (exact) mass is 591 g/mol. The van der Waals surface area contributed by atoms with Crippen molar-refractivity contribution in [1.82, 2.24) is 0 Å². The minimum atomic E-state index is -0.124. The average molecular weight is 592 g/mol. The summed E-state index contributed by atoms with van der Waals surface area (Å²) in [5.74, 6) is -0.124. The van der Waals surface area contributed by atoms with Crippen molar-refractivity contribution < 1.29 is 38.0 Å². The van der Waals surface area contributed by atoms with Crippen LogP contribution in [-0.2, 0) is 38.0 Å². The molecule has 0 aromatic heterocycles. The van der Waals surface area contributed by atoms with Gasteiger partial charge in [0.05, 0.1) is 79.3 Å². The molecular formula is C32H65NO8. The predicted octanol–water partition coefficient (Wildman–Crippen LogP) is 5.85. The molecule has 0 fully saturated rings. The molecule has 2 N–H and O–H groups in total. The van der Waals surface area contributed by atoms with Crippen LogP contribution in [0.3, 0.4) is 0 Å². The van der Waals surface area contributed by atoms with Crippen molar-refractivity contribution in [3.05, 3.63) is 0 Å². The molecule has 0 saturated carbocycles. The number of ether oxygens (including phenoxy) is 7. The Kier molecular flexibility index (Phi) is 36.5. The number of esters is 1. The summed E-state index contributed by atoms with van der Waals surface area (Å²) in [6.07, 6.45) is 20.3. The first-order chi connectivity index (χ1) is 20.3. The minimum Gasteiger partial charge on any atom is -0.463 e. The molecule has 0 aliphatic rings. The topological polar surface area (TPSA) is 108 Å². The average Bonchev–Trinajstić information content (AvgIpc) is 2.98. The van der Waals surface area contributed by atoms with Crippen LogP contribution < -0.4 is 5.73 Å². The Labute approximate surface area is 251 Å². The Morgan fingerprint density at radius 1 is 0.415 bits per heavy atom. The van der Waals surface area contributed by atoms with E-state index < -0.39 is 0 Å². The molecule has 0 rings (SSSR count). The first-order valence-electron chi connectivity index (χ1n) is 16.6. The van der Waals surface area contributed by atoms with Gasteiger partial charge in [-0.25, -0.2) is 0 Å². The summed E-state index contributed by atoms with van der Waals surface area (Å²) in [6, 6.07) is 0. The lowest BCUT2D eigenvalue weighted by atomic mass is 10.0. The van der Waals surface area contributed by atoms with Gasteiger partial charge in [0, 0.05) is 13.0 Å². The number of nitrogens with two attached hydrogens (primary N) is 1. The van der Waals surface area contributed by atoms with E-state index in [0.29, 0.717) is 98.9 Å². The second-order valence-corrected chi connectivity index (χ2v) is 10.4. The van der Waals surface area contributed by atoms with Gasteiger partial charge >= 0.3 is 5.97 Å². The quantitative estimate of drug-likeness (QED) is 0.0709. The summed E-state index contributed by atoms with van der Waals surface area (Å²) in [7, 11) is 0. The number of hydrogen-bond donors (Lipinski definition) is 1. The van der Waals surface area contributed by atoms with Gasteiger partial charge in [-0.1, -0.05) is 96.8 Å². The second kappa shape index (κ2) is 37.2. The molecule has 0 spiro atoms. The Morgan fingerprint density at radius 2 is 0.707 bits per heavy atom. The van der Waals surface area contributed by atoms with Crippen molar-refractivity contribution in [1.29, 1.82) is 0 Å². The Hall–Kier alpha value is -0.810. The fourth-order valence-corrected chi connectivity index (χ4v) is 4.21. The normalized spacial score (nSPS) is 11.4. The van der Waals surface area contributed by atoms with Crippen LogP contribution in [0.5, 0.6) is 0 Å². The number of unbranched alkanes of at least 4 members (excludes halogenated alkanes) is 14. The van der Waals surface area contributed by atoms with E-state index in [9.17, 15) is 4.79 Å². The predicted molar refractivity (Wildman–Crippen MR) is 164 cm³/mol. The van der Waals surface area contributed by atoms with Crippen molar-refractivity contribution in [2.45, 2.75) is 110 Å². The van der Waals surface area contributed by atoms with Crippen LogP contribution in [0.25, 0.3) is 0 Å². The number of hydrogen-bond acceptors (Lipinski definition) is 9. The van der Waals surface area contributed by atoms with E-state index in [0.717, 1.165) is 12.8 Å². The summed E-state index contributed by atoms with van der Waals surface area (Å²) in [4.78, 5) is 11.8. The maximum absolute atomic E-state index is 11.8. The van der Waals surface area contributed by atoms with Crippen LogP contribution in [-0.4, -0.2) is 98.4 Å². The van der Waals surface area contributed by atoms with E-state index in [1.807, 2.05) is 0 Å². The van der Waals surface area contributed by atoms with E-state index in [4.69, 9.17) is 38.9 Å². The molecule has 0 aliphatic carbocycles. The fourth-order valence-electron chi connectivity index (χ4n) is 4.21. The molecular weight excluding hydrogens is 526 g/mol. The first kappa shape index (κ1) is 40.2. The molecule has 0 radical (unpaired) electrons. The molecule has 0 unspecified atom stereocenters. The van der Waals surface area contributed by atoms with Gasteiger partial charge in [-0.15, -0.1) is 0 Å². The molecule has 0 heterocycles. The molecule has 0 atom stereocenters. The zero-order chi connectivity index (χ0) is 29.7. The lowest BCUT2D eigenvalue weighted by Crippen LogP contribution is -2.15. The molecule has 0 bridgehead atoms. The SMILES string of the molecule is CCCCCCCCCCCCCCCCCC(=O)OCCOCCOCCOCCOCCOCCOCCN. The third-order valence-electron chi connectivity index (χ3n) is 6.60. The van der Waals surface area contributed by atoms with E-state index in [1.54, 1.807) is 0 Å². The highest BCUT2D eigenvalue weighted by Gasteiger charge is 2.03. The molecule has 0 amide bonds. The molecule has 41 heavy (non-hydrogen) atoms. The second-order valence-electron chi connectivity index (χ2n) is 10.4. The molecule has 0 aromatic rings. The van der Waals surface area contributed by atoms with Crippen LogP contribution in [0.15, 0.2) is 0 Å². The Balaban J connectivity index is 3.14. The van der Waals surface area contributed by atoms with Gasteiger partial charge in [-0.05, 0) is 6.42 Å². The van der Waals surface area contributed by atoms with E-state index in [1.165, 1.54) is 83.5 Å². The van der Waals surface area contributed by atoms with Gasteiger partial charge in [-0.3, -0.25) is 4.79 Å². The zero-order valence-corrected chi connectivity index (χ0v) is 26.6. The maximum atomic E-state index is 11.8. The van der Waals surface area contributed by atoms with Crippen LogP contribution in [0.1, 0.15) is 110 Å². The summed E-state index contributed by atoms with van der Waals surface area (Å²) in [5.41, 5.74) is 5.33. The molecule has 9 heteroatoms. The summed E-state index contributed by atoms with van der Waals surface area (Å²) < 4.78 is 37.6. The summed E-state index contributed by atoms with van der Waals surface area (Å²) in [6.45, 7) is 9.23. The molecule has 9 nitrogen and oxygen atoms in total. The maximum Gasteiger partial charge on any atom is 0.305 e. The number of carbonyl (C=O) groups excluding carboxylic acids is 1. The molecule has 246 valence electrons. The summed E-state index contributed by atoms with van der Waals surface area (Å²) in [5, 5.41) is 0. The van der Waals surface area contributed by atoms with Crippen molar-refractivity contribution in [2.75, 3.05) is 92.4 Å². The van der Waals surface area contributed by atoms with Gasteiger partial charge in [0.1, 0.15) is 6.61 Å². The van der Waals surface area contributed by atoms with Gasteiger partial charge in [-0.2, -0.15) is 0 Å². The van der Waals surface area contributed by atoms with Crippen LogP contribution in [0.2, 0.25) is 0 Å². The largest absolute Gasteiger partial charge is 0.463 e. The fraction of sp³-hybridized carbons (Fsp3) is 0.969. The minimum absolute atomic E-state index is 0.124. The van der Waals surface area contributed by atoms with Gasteiger partial charge in [0.25, 0.3) is 0 Å². The van der Waals surface area contributed by atoms with Crippen LogP contribution in [0.4, 0.5) is 0 Å². The number of rotatable bonds is 36. The Morgan fingerprint density at radius 3 is 1.05 bits per heavy atom. The van der Waals surface area contributed by atoms with Gasteiger partial charge in [0.2, 0.25) is 0 Å². The molecule has 0 aromatic carbocycles. The van der Waals surface area contributed by atoms with Crippen molar-refractivity contribution >= 4 is 5.97 Å². The highest BCUT2D eigenvalue weighted by molar-refractivity contribution is 5.69. The highest BCUT2D eigenvalue weighted by Crippen LogP contribution is 2.13. The van der Waals surface area contributed by atoms with Gasteiger partial charge in [0.15, 0.2) is 0 Å². The third kappa shape index (κ3) is 37.2. The van der Waals surface area contributed by atoms with Crippen molar-refractivity contribution in [3.63, 3.8) is 0 Å². The standard InChI is InChI=1S/C32H65NO8/c1-2-3-4-5-6-7-8-9-10-11-12-13-14-15-16-17-32(34)41-31-30-40-29-28-39-27-26-38-25-24-37-23-22-36-21-20-35-19-18-33/h2-31,33H2,1H3. The van der Waals surface area contributed by atoms with Crippen LogP contribution >= 0.6 is 0 Å². The van der Waals surface area contributed by atoms with E-state index in [2.05, 4.69) is 6.92 Å². The lowest BCUT2D eigenvalue weighted by Gasteiger charge is -2.08. The first-order valence-corrected chi connectivity index (χ1v) is 16.6. The van der Waals surface area contributed by atoms with Crippen molar-refractivity contribution in [2.24, 2.45) is 5.73 Å². The van der Waals surface area contributed by atoms with Crippen LogP contribution in [0, 0.1) is 0 Å². The third-order valence-corrected chi connectivity index (χ3v) is 6.60. The van der Waals surface area contributed by atoms with E-state index >= 15 is 0 Å². The van der Waals surface area contributed by atoms with E-state index in [-0.39, 0.29) is 5.97 Å². The zero-order valence-electron chi connectivity index (χ0n) is 26.6. The van der Waals surface area contributed by atoms with Crippen molar-refractivity contribution in [3.8, 4) is 0 Å². The smallest absolute Gasteiger partial charge is 0.305 e. The highest BCUT2D eigenvalue weighted by atomic mass is 16.6. The lowest BCUT2D eigenvalue weighted by molar-refractivity contribution is -0.145.